The van der Waals surface area contributed by atoms with E-state index in [2.05, 4.69) is 86.4 Å². The Kier molecular flexibility index (Phi) is 7.28. The Balaban J connectivity index is 0.00000324. The first-order valence-corrected chi connectivity index (χ1v) is 13.6. The minimum Gasteiger partial charge on any atom is -1.00 e. The largest absolute Gasteiger partial charge is 1.00 e. The number of hydrogen-bond donors (Lipinski definition) is 1. The van der Waals surface area contributed by atoms with E-state index in [1.807, 2.05) is 6.07 Å². The van der Waals surface area contributed by atoms with E-state index in [9.17, 15) is 4.39 Å². The van der Waals surface area contributed by atoms with Crippen LogP contribution in [0.25, 0.3) is 0 Å². The van der Waals surface area contributed by atoms with E-state index >= 15 is 0 Å². The fraction of sp³-hybridized carbons (Fsp3) is 0.571. The molecule has 188 valence electrons. The molecule has 1 N–H and O–H groups in total. The topological polar surface area (TPSA) is 16.9 Å². The average molecular weight is 507 g/mol. The molecule has 3 nitrogen and oxygen atoms in total. The number of hydrogen-bond acceptors (Lipinski definition) is 2. The predicted octanol–water partition coefficient (Wildman–Crippen LogP) is 3.32. The summed E-state index contributed by atoms with van der Waals surface area (Å²) in [6.45, 7) is 23.4. The Bertz CT molecular complexity index is 1070. The lowest BCUT2D eigenvalue weighted by Gasteiger charge is -2.49. The maximum absolute atomic E-state index is 14.3. The van der Waals surface area contributed by atoms with Gasteiger partial charge in [0.15, 0.2) is 0 Å². The molecule has 0 saturated carbocycles. The van der Waals surface area contributed by atoms with Crippen molar-refractivity contribution in [2.45, 2.75) is 104 Å². The van der Waals surface area contributed by atoms with Gasteiger partial charge in [-0.1, -0.05) is 65.5 Å². The van der Waals surface area contributed by atoms with E-state index in [-0.39, 0.29) is 34.6 Å². The highest BCUT2D eigenvalue weighted by Gasteiger charge is 2.53. The van der Waals surface area contributed by atoms with Crippen molar-refractivity contribution >= 4 is 13.4 Å². The Morgan fingerprint density at radius 3 is 2.18 bits per heavy atom. The average Bonchev–Trinajstić information content (AvgIpc) is 2.68. The standard InChI is InChI=1S/C28H40FN2OP.ClH/c1-11-23-21-15-19(26(2,3)4)16-22(27(5,6)7)25(21)32-31-30(28(8,9)10)17-18-14-20(29)12-13-24(18)33(23)31;/h12-16,23H,11,17H2,1-10H3;1H. The van der Waals surface area contributed by atoms with Crippen LogP contribution in [0.4, 0.5) is 4.39 Å². The molecular formula is C28H41ClFN2OP. The monoisotopic (exact) mass is 506 g/mol. The summed E-state index contributed by atoms with van der Waals surface area (Å²) in [5.74, 6) is 0.897. The van der Waals surface area contributed by atoms with Crippen molar-refractivity contribution in [2.24, 2.45) is 0 Å². The Labute approximate surface area is 213 Å². The summed E-state index contributed by atoms with van der Waals surface area (Å²) in [7, 11) is -0.771. The lowest BCUT2D eigenvalue weighted by atomic mass is 9.78. The maximum Gasteiger partial charge on any atom is 0.206 e. The molecular weight excluding hydrogens is 466 g/mol. The zero-order chi connectivity index (χ0) is 24.5. The molecule has 2 aromatic carbocycles. The van der Waals surface area contributed by atoms with Gasteiger partial charge in [-0.25, -0.2) is 4.39 Å². The fourth-order valence-electron chi connectivity index (χ4n) is 4.95. The van der Waals surface area contributed by atoms with Crippen LogP contribution in [0.1, 0.15) is 104 Å². The molecule has 0 aliphatic carbocycles. The quantitative estimate of drug-likeness (QED) is 0.598. The van der Waals surface area contributed by atoms with E-state index in [0.717, 1.165) is 22.7 Å². The number of benzene rings is 2. The number of fused-ring (bicyclic) bond motifs is 4. The maximum atomic E-state index is 14.3. The van der Waals surface area contributed by atoms with Crippen molar-refractivity contribution < 1.29 is 26.6 Å². The molecule has 6 heteroatoms. The van der Waals surface area contributed by atoms with Crippen LogP contribution in [0.3, 0.4) is 0 Å². The number of nitrogens with zero attached hydrogens (tertiary/aromatic N) is 1. The van der Waals surface area contributed by atoms with Crippen molar-refractivity contribution in [2.75, 3.05) is 0 Å². The number of quaternary nitrogens is 1. The second kappa shape index (κ2) is 9.04. The predicted molar refractivity (Wildman–Crippen MR) is 137 cm³/mol. The minimum absolute atomic E-state index is 0. The van der Waals surface area contributed by atoms with Crippen molar-refractivity contribution in [1.29, 1.82) is 0 Å². The fourth-order valence-corrected chi connectivity index (χ4v) is 8.10. The van der Waals surface area contributed by atoms with Crippen molar-refractivity contribution in [1.82, 2.24) is 5.01 Å². The molecule has 0 spiro atoms. The highest BCUT2D eigenvalue weighted by molar-refractivity contribution is 7.59. The first-order chi connectivity index (χ1) is 15.1. The molecule has 2 heterocycles. The molecule has 3 atom stereocenters. The molecule has 0 saturated heterocycles. The molecule has 4 rings (SSSR count). The highest BCUT2D eigenvalue weighted by atomic mass is 35.5. The van der Waals surface area contributed by atoms with Gasteiger partial charge in [-0.05, 0) is 67.3 Å². The van der Waals surface area contributed by atoms with Gasteiger partial charge < -0.3 is 12.4 Å². The molecule has 0 aromatic heterocycles. The van der Waals surface area contributed by atoms with Gasteiger partial charge in [0, 0.05) is 16.4 Å². The van der Waals surface area contributed by atoms with Crippen molar-refractivity contribution in [3.05, 3.63) is 58.4 Å². The van der Waals surface area contributed by atoms with Gasteiger partial charge in [0.25, 0.3) is 0 Å². The van der Waals surface area contributed by atoms with E-state index in [1.165, 1.54) is 22.0 Å². The molecule has 2 aliphatic rings. The van der Waals surface area contributed by atoms with E-state index in [1.54, 1.807) is 12.1 Å². The second-order valence-corrected chi connectivity index (χ2v) is 14.9. The SMILES string of the molecule is CCC1c2cc(C(C)(C)C)cc(C(C)(C)C)c2O[NH+]2N(C(C)(C)C)Cc3cc(F)ccc3P12.[Cl-]. The summed E-state index contributed by atoms with van der Waals surface area (Å²) in [4.78, 5) is 8.09. The number of halogens is 2. The van der Waals surface area contributed by atoms with Gasteiger partial charge in [0.05, 0.1) is 17.7 Å². The van der Waals surface area contributed by atoms with Gasteiger partial charge in [-0.2, -0.15) is 0 Å². The summed E-state index contributed by atoms with van der Waals surface area (Å²) in [5, 5.41) is 3.66. The lowest BCUT2D eigenvalue weighted by molar-refractivity contribution is -1.07. The van der Waals surface area contributed by atoms with Gasteiger partial charge in [-0.3, -0.25) is 4.84 Å². The first-order valence-electron chi connectivity index (χ1n) is 12.2. The van der Waals surface area contributed by atoms with Crippen LogP contribution in [-0.2, 0) is 17.4 Å². The zero-order valence-corrected chi connectivity index (χ0v) is 24.1. The molecule has 34 heavy (non-hydrogen) atoms. The molecule has 0 bridgehead atoms. The summed E-state index contributed by atoms with van der Waals surface area (Å²) >= 11 is 0. The Morgan fingerprint density at radius 2 is 1.65 bits per heavy atom. The molecule has 0 radical (unpaired) electrons. The van der Waals surface area contributed by atoms with E-state index in [4.69, 9.17) is 4.84 Å². The second-order valence-electron chi connectivity index (χ2n) is 12.7. The van der Waals surface area contributed by atoms with Crippen LogP contribution in [-0.4, -0.2) is 10.5 Å². The van der Waals surface area contributed by atoms with Gasteiger partial charge in [-0.15, -0.1) is 5.01 Å². The molecule has 2 aromatic rings. The first kappa shape index (κ1) is 27.4. The third kappa shape index (κ3) is 4.76. The molecule has 0 amide bonds. The lowest BCUT2D eigenvalue weighted by Crippen LogP contribution is -3.18. The zero-order valence-electron chi connectivity index (χ0n) is 22.4. The summed E-state index contributed by atoms with van der Waals surface area (Å²) in [5.41, 5.74) is 5.31. The van der Waals surface area contributed by atoms with Gasteiger partial charge >= 0.3 is 0 Å². The summed E-state index contributed by atoms with van der Waals surface area (Å²) in [6.07, 6.45) is 1.03. The highest BCUT2D eigenvalue weighted by Crippen LogP contribution is 2.56. The summed E-state index contributed by atoms with van der Waals surface area (Å²) in [6, 6.07) is 10.2. The third-order valence-corrected chi connectivity index (χ3v) is 9.89. The van der Waals surface area contributed by atoms with Crippen LogP contribution in [0.2, 0.25) is 0 Å². The van der Waals surface area contributed by atoms with Crippen molar-refractivity contribution in [3.8, 4) is 5.75 Å². The molecule has 0 fully saturated rings. The van der Waals surface area contributed by atoms with E-state index in [0.29, 0.717) is 12.2 Å². The molecule has 3 unspecified atom stereocenters. The van der Waals surface area contributed by atoms with Crippen molar-refractivity contribution in [3.63, 3.8) is 0 Å². The van der Waals surface area contributed by atoms with Crippen LogP contribution in [0.5, 0.6) is 5.75 Å². The third-order valence-electron chi connectivity index (χ3n) is 6.92. The summed E-state index contributed by atoms with van der Waals surface area (Å²) < 4.78 is 14.3. The van der Waals surface area contributed by atoms with Gasteiger partial charge in [0.1, 0.15) is 5.82 Å². The molecule has 2 aliphatic heterocycles. The Hall–Kier alpha value is -1.19. The van der Waals surface area contributed by atoms with E-state index < -0.39 is 8.07 Å². The Morgan fingerprint density at radius 1 is 1.00 bits per heavy atom. The van der Waals surface area contributed by atoms with Crippen LogP contribution < -0.4 is 27.5 Å². The normalized spacial score (nSPS) is 22.7. The van der Waals surface area contributed by atoms with Gasteiger partial charge in [0.2, 0.25) is 13.8 Å². The smallest absolute Gasteiger partial charge is 0.206 e. The van der Waals surface area contributed by atoms with Crippen LogP contribution >= 0.6 is 8.07 Å². The number of rotatable bonds is 1. The van der Waals surface area contributed by atoms with Crippen LogP contribution in [0, 0.1) is 5.82 Å². The minimum atomic E-state index is -0.771. The number of nitrogens with one attached hydrogen (secondary N) is 1. The van der Waals surface area contributed by atoms with Crippen LogP contribution in [0.15, 0.2) is 30.3 Å².